The molecular weight excluding hydrogens is 757 g/mol. The molecule has 11 heteroatoms. The fraction of sp³-hybridized carbons (Fsp3) is 0.565. The van der Waals surface area contributed by atoms with E-state index >= 15 is 0 Å². The van der Waals surface area contributed by atoms with Gasteiger partial charge in [-0.2, -0.15) is 23.5 Å². The number of thioether (sulfide) groups is 2. The highest BCUT2D eigenvalue weighted by Crippen LogP contribution is 2.24. The van der Waals surface area contributed by atoms with Crippen LogP contribution < -0.4 is 19.3 Å². The topological polar surface area (TPSA) is 102 Å². The minimum atomic E-state index is -0.306. The number of carbonyl (C=O) groups excluding carboxylic acids is 4. The standard InChI is InChI=1S/C46H64N2O7S2/c49-43-27-28-44(50)47(43)39-19-23-41(24-20-39)54-31-15-11-7-3-1-5-9-13-17-35-56-37-33-53-34-38-57-36-18-14-10-6-2-4-8-12-16-32-55-42-25-21-40(22-26-42)48-45(51)29-30-46(48)52/h19-30H,1-18,31-38H2. The molecule has 0 saturated heterocycles. The lowest BCUT2D eigenvalue weighted by Crippen LogP contribution is -2.29. The van der Waals surface area contributed by atoms with Gasteiger partial charge in [0.1, 0.15) is 11.5 Å². The third kappa shape index (κ3) is 18.7. The second-order valence-corrected chi connectivity index (χ2v) is 17.0. The lowest BCUT2D eigenvalue weighted by Gasteiger charge is -2.14. The van der Waals surface area contributed by atoms with Gasteiger partial charge in [0.15, 0.2) is 0 Å². The maximum atomic E-state index is 11.8. The third-order valence-electron chi connectivity index (χ3n) is 9.96. The Morgan fingerprint density at radius 1 is 0.351 bits per heavy atom. The van der Waals surface area contributed by atoms with Crippen molar-refractivity contribution < 1.29 is 33.4 Å². The summed E-state index contributed by atoms with van der Waals surface area (Å²) in [6, 6.07) is 14.3. The van der Waals surface area contributed by atoms with E-state index in [1.807, 2.05) is 47.8 Å². The summed E-state index contributed by atoms with van der Waals surface area (Å²) in [6.07, 6.45) is 27.9. The first-order valence-electron chi connectivity index (χ1n) is 21.3. The Morgan fingerprint density at radius 3 is 0.982 bits per heavy atom. The van der Waals surface area contributed by atoms with E-state index in [9.17, 15) is 19.2 Å². The third-order valence-corrected chi connectivity index (χ3v) is 12.0. The van der Waals surface area contributed by atoms with Crippen molar-refractivity contribution in [1.29, 1.82) is 0 Å². The predicted octanol–water partition coefficient (Wildman–Crippen LogP) is 10.5. The molecule has 4 rings (SSSR count). The molecule has 9 nitrogen and oxygen atoms in total. The first kappa shape index (κ1) is 46.2. The fourth-order valence-electron chi connectivity index (χ4n) is 6.70. The zero-order valence-electron chi connectivity index (χ0n) is 33.9. The molecule has 0 N–H and O–H groups in total. The lowest BCUT2D eigenvalue weighted by atomic mass is 10.1. The molecule has 2 aromatic carbocycles. The van der Waals surface area contributed by atoms with Gasteiger partial charge in [0.25, 0.3) is 23.6 Å². The van der Waals surface area contributed by atoms with E-state index in [1.165, 1.54) is 139 Å². The smallest absolute Gasteiger partial charge is 0.258 e. The molecule has 0 unspecified atom stereocenters. The summed E-state index contributed by atoms with van der Waals surface area (Å²) in [7, 11) is 0. The molecule has 2 aromatic rings. The summed E-state index contributed by atoms with van der Waals surface area (Å²) < 4.78 is 17.5. The van der Waals surface area contributed by atoms with Gasteiger partial charge < -0.3 is 14.2 Å². The van der Waals surface area contributed by atoms with Gasteiger partial charge in [-0.25, -0.2) is 9.80 Å². The van der Waals surface area contributed by atoms with Gasteiger partial charge in [-0.15, -0.1) is 0 Å². The molecule has 0 atom stereocenters. The van der Waals surface area contributed by atoms with Crippen molar-refractivity contribution >= 4 is 58.5 Å². The molecule has 0 radical (unpaired) electrons. The van der Waals surface area contributed by atoms with Crippen molar-refractivity contribution in [2.45, 2.75) is 116 Å². The van der Waals surface area contributed by atoms with Gasteiger partial charge in [0.05, 0.1) is 37.8 Å². The Kier molecular flexibility index (Phi) is 23.3. The highest BCUT2D eigenvalue weighted by molar-refractivity contribution is 7.99. The van der Waals surface area contributed by atoms with E-state index in [2.05, 4.69) is 0 Å². The van der Waals surface area contributed by atoms with Crippen LogP contribution in [0.25, 0.3) is 0 Å². The van der Waals surface area contributed by atoms with E-state index in [1.54, 1.807) is 24.3 Å². The largest absolute Gasteiger partial charge is 0.494 e. The number of rotatable bonds is 34. The number of unbranched alkanes of at least 4 members (excludes halogenated alkanes) is 16. The zero-order chi connectivity index (χ0) is 40.2. The quantitative estimate of drug-likeness (QED) is 0.0504. The van der Waals surface area contributed by atoms with Gasteiger partial charge in [0.2, 0.25) is 0 Å². The highest BCUT2D eigenvalue weighted by Gasteiger charge is 2.25. The SMILES string of the molecule is O=C1C=CC(=O)N1c1ccc(OCCCCCCCCCCCSCCOCCSCCCCCCCCCCCOc2ccc(N3C(=O)C=CC3=O)cc2)cc1. The summed E-state index contributed by atoms with van der Waals surface area (Å²) in [4.78, 5) is 49.5. The molecule has 2 aliphatic heterocycles. The van der Waals surface area contributed by atoms with Gasteiger partial charge in [0, 0.05) is 35.8 Å². The Balaban J connectivity index is 0.784. The van der Waals surface area contributed by atoms with Gasteiger partial charge >= 0.3 is 0 Å². The molecule has 0 aromatic heterocycles. The molecule has 0 aliphatic carbocycles. The van der Waals surface area contributed by atoms with E-state index in [0.29, 0.717) is 24.6 Å². The van der Waals surface area contributed by atoms with Crippen LogP contribution in [0.3, 0.4) is 0 Å². The van der Waals surface area contributed by atoms with E-state index in [0.717, 1.165) is 58.9 Å². The highest BCUT2D eigenvalue weighted by atomic mass is 32.2. The molecule has 312 valence electrons. The molecule has 0 spiro atoms. The van der Waals surface area contributed by atoms with Gasteiger partial charge in [-0.1, -0.05) is 89.9 Å². The minimum Gasteiger partial charge on any atom is -0.494 e. The number of carbonyl (C=O) groups is 4. The van der Waals surface area contributed by atoms with Crippen molar-refractivity contribution in [1.82, 2.24) is 0 Å². The van der Waals surface area contributed by atoms with Crippen LogP contribution in [0.5, 0.6) is 11.5 Å². The van der Waals surface area contributed by atoms with Gasteiger partial charge in [-0.3, -0.25) is 19.2 Å². The Labute approximate surface area is 349 Å². The normalized spacial score (nSPS) is 13.8. The van der Waals surface area contributed by atoms with E-state index in [-0.39, 0.29) is 23.6 Å². The van der Waals surface area contributed by atoms with E-state index < -0.39 is 0 Å². The number of amides is 4. The molecule has 2 heterocycles. The minimum absolute atomic E-state index is 0.306. The monoisotopic (exact) mass is 820 g/mol. The molecule has 0 fully saturated rings. The average Bonchev–Trinajstić information content (AvgIpc) is 3.75. The van der Waals surface area contributed by atoms with Crippen LogP contribution in [0.15, 0.2) is 72.8 Å². The molecule has 0 saturated carbocycles. The van der Waals surface area contributed by atoms with Crippen LogP contribution >= 0.6 is 23.5 Å². The number of hydrogen-bond acceptors (Lipinski definition) is 9. The molecule has 0 bridgehead atoms. The molecule has 57 heavy (non-hydrogen) atoms. The second kappa shape index (κ2) is 28.8. The summed E-state index contributed by atoms with van der Waals surface area (Å²) in [6.45, 7) is 3.11. The van der Waals surface area contributed by atoms with Crippen LogP contribution in [0.1, 0.15) is 116 Å². The zero-order valence-corrected chi connectivity index (χ0v) is 35.5. The maximum absolute atomic E-state index is 11.8. The Morgan fingerprint density at radius 2 is 0.649 bits per heavy atom. The molecular formula is C46H64N2O7S2. The summed E-state index contributed by atoms with van der Waals surface area (Å²) in [5.41, 5.74) is 1.14. The Bertz CT molecular complexity index is 1380. The summed E-state index contributed by atoms with van der Waals surface area (Å²) in [5, 5.41) is 0. The van der Waals surface area contributed by atoms with Gasteiger partial charge in [-0.05, 0) is 85.7 Å². The maximum Gasteiger partial charge on any atom is 0.258 e. The van der Waals surface area contributed by atoms with Crippen molar-refractivity contribution in [3.8, 4) is 11.5 Å². The second-order valence-electron chi connectivity index (χ2n) is 14.6. The average molecular weight is 821 g/mol. The van der Waals surface area contributed by atoms with Crippen molar-refractivity contribution in [2.75, 3.05) is 59.2 Å². The lowest BCUT2D eigenvalue weighted by molar-refractivity contribution is -0.121. The number of imide groups is 2. The predicted molar refractivity (Wildman–Crippen MR) is 236 cm³/mol. The van der Waals surface area contributed by atoms with Crippen LogP contribution in [-0.4, -0.2) is 73.1 Å². The molecule has 2 aliphatic rings. The van der Waals surface area contributed by atoms with Crippen LogP contribution in [0.4, 0.5) is 11.4 Å². The number of benzene rings is 2. The number of anilines is 2. The molecule has 4 amide bonds. The first-order chi connectivity index (χ1) is 28.0. The van der Waals surface area contributed by atoms with Crippen LogP contribution in [0, 0.1) is 0 Å². The van der Waals surface area contributed by atoms with Crippen LogP contribution in [0.2, 0.25) is 0 Å². The first-order valence-corrected chi connectivity index (χ1v) is 23.6. The Hall–Kier alpha value is -3.54. The summed E-state index contributed by atoms with van der Waals surface area (Å²) >= 11 is 4.06. The van der Waals surface area contributed by atoms with Crippen LogP contribution in [-0.2, 0) is 23.9 Å². The number of ether oxygens (including phenoxy) is 3. The van der Waals surface area contributed by atoms with Crippen molar-refractivity contribution in [3.05, 3.63) is 72.8 Å². The number of nitrogens with zero attached hydrogens (tertiary/aromatic N) is 2. The number of hydrogen-bond donors (Lipinski definition) is 0. The van der Waals surface area contributed by atoms with Crippen molar-refractivity contribution in [2.24, 2.45) is 0 Å². The van der Waals surface area contributed by atoms with Crippen molar-refractivity contribution in [3.63, 3.8) is 0 Å². The van der Waals surface area contributed by atoms with E-state index in [4.69, 9.17) is 14.2 Å². The fourth-order valence-corrected chi connectivity index (χ4v) is 8.40. The summed E-state index contributed by atoms with van der Waals surface area (Å²) in [5.74, 6) is 5.00.